The lowest BCUT2D eigenvalue weighted by atomic mass is 10.1. The van der Waals surface area contributed by atoms with Crippen molar-refractivity contribution < 1.29 is 13.2 Å². The van der Waals surface area contributed by atoms with Crippen LogP contribution in [0.15, 0.2) is 24.3 Å². The van der Waals surface area contributed by atoms with Crippen molar-refractivity contribution in [3.63, 3.8) is 0 Å². The lowest BCUT2D eigenvalue weighted by molar-refractivity contribution is 0.101. The van der Waals surface area contributed by atoms with Crippen molar-refractivity contribution in [1.82, 2.24) is 4.72 Å². The van der Waals surface area contributed by atoms with Gasteiger partial charge in [0, 0.05) is 12.1 Å². The van der Waals surface area contributed by atoms with Crippen LogP contribution in [0.1, 0.15) is 22.8 Å². The number of rotatable bonds is 4. The smallest absolute Gasteiger partial charge is 0.209 e. The number of hydrogen-bond acceptors (Lipinski definition) is 3. The van der Waals surface area contributed by atoms with Crippen molar-refractivity contribution in [1.29, 1.82) is 0 Å². The Balaban J connectivity index is 2.79. The van der Waals surface area contributed by atoms with Crippen LogP contribution in [0.25, 0.3) is 0 Å². The molecule has 0 unspecified atom stereocenters. The van der Waals surface area contributed by atoms with Gasteiger partial charge in [-0.2, -0.15) is 0 Å². The third kappa shape index (κ3) is 4.22. The molecule has 5 heteroatoms. The number of Topliss-reactive ketones (excluding diaryl/α,β-unsaturated/α-hetero) is 1. The molecule has 0 heterocycles. The van der Waals surface area contributed by atoms with Crippen molar-refractivity contribution in [3.05, 3.63) is 35.4 Å². The number of nitrogens with one attached hydrogen (secondary N) is 1. The summed E-state index contributed by atoms with van der Waals surface area (Å²) >= 11 is 0. The molecular weight excluding hydrogens is 214 g/mol. The van der Waals surface area contributed by atoms with Crippen LogP contribution in [0.5, 0.6) is 0 Å². The maximum Gasteiger partial charge on any atom is 0.209 e. The van der Waals surface area contributed by atoms with E-state index in [1.54, 1.807) is 24.3 Å². The van der Waals surface area contributed by atoms with Crippen molar-refractivity contribution in [3.8, 4) is 0 Å². The zero-order chi connectivity index (χ0) is 11.5. The fourth-order valence-corrected chi connectivity index (χ4v) is 1.54. The molecule has 0 saturated carbocycles. The summed E-state index contributed by atoms with van der Waals surface area (Å²) in [5.74, 6) is -0.0313. The van der Waals surface area contributed by atoms with E-state index in [2.05, 4.69) is 4.72 Å². The van der Waals surface area contributed by atoms with E-state index in [9.17, 15) is 13.2 Å². The Bertz CT molecular complexity index is 465. The molecular formula is C10H13NO3S. The van der Waals surface area contributed by atoms with Crippen LogP contribution in [0.3, 0.4) is 0 Å². The van der Waals surface area contributed by atoms with Crippen molar-refractivity contribution in [2.75, 3.05) is 6.26 Å². The first-order valence-corrected chi connectivity index (χ1v) is 6.32. The molecule has 1 aromatic carbocycles. The Morgan fingerprint density at radius 2 is 2.07 bits per heavy atom. The molecule has 0 bridgehead atoms. The zero-order valence-electron chi connectivity index (χ0n) is 8.65. The average Bonchev–Trinajstić information content (AvgIpc) is 2.14. The van der Waals surface area contributed by atoms with E-state index in [4.69, 9.17) is 0 Å². The molecule has 0 aliphatic heterocycles. The summed E-state index contributed by atoms with van der Waals surface area (Å²) < 4.78 is 24.1. The second kappa shape index (κ2) is 4.55. The number of benzene rings is 1. The highest BCUT2D eigenvalue weighted by atomic mass is 32.2. The van der Waals surface area contributed by atoms with E-state index < -0.39 is 10.0 Å². The number of sulfonamides is 1. The minimum absolute atomic E-state index is 0.0313. The van der Waals surface area contributed by atoms with Gasteiger partial charge >= 0.3 is 0 Å². The molecule has 0 amide bonds. The summed E-state index contributed by atoms with van der Waals surface area (Å²) in [5, 5.41) is 0. The molecule has 0 saturated heterocycles. The number of ketones is 1. The predicted molar refractivity (Wildman–Crippen MR) is 58.1 cm³/mol. The highest BCUT2D eigenvalue weighted by Crippen LogP contribution is 2.05. The molecule has 1 rings (SSSR count). The monoisotopic (exact) mass is 227 g/mol. The summed E-state index contributed by atoms with van der Waals surface area (Å²) in [6.45, 7) is 1.68. The van der Waals surface area contributed by atoms with Gasteiger partial charge in [0.15, 0.2) is 5.78 Å². The van der Waals surface area contributed by atoms with Crippen LogP contribution >= 0.6 is 0 Å². The molecule has 0 aromatic heterocycles. The molecule has 1 aromatic rings. The Morgan fingerprint density at radius 1 is 1.40 bits per heavy atom. The topological polar surface area (TPSA) is 63.2 Å². The van der Waals surface area contributed by atoms with Crippen LogP contribution in [0.4, 0.5) is 0 Å². The molecule has 0 radical (unpaired) electrons. The van der Waals surface area contributed by atoms with Crippen molar-refractivity contribution in [2.24, 2.45) is 0 Å². The molecule has 0 atom stereocenters. The zero-order valence-corrected chi connectivity index (χ0v) is 9.47. The summed E-state index contributed by atoms with van der Waals surface area (Å²) in [4.78, 5) is 11.1. The third-order valence-electron chi connectivity index (χ3n) is 1.87. The van der Waals surface area contributed by atoms with Gasteiger partial charge < -0.3 is 0 Å². The van der Waals surface area contributed by atoms with E-state index >= 15 is 0 Å². The van der Waals surface area contributed by atoms with Crippen molar-refractivity contribution >= 4 is 15.8 Å². The van der Waals surface area contributed by atoms with E-state index in [1.807, 2.05) is 0 Å². The molecule has 0 aliphatic rings. The molecule has 82 valence electrons. The first kappa shape index (κ1) is 11.9. The summed E-state index contributed by atoms with van der Waals surface area (Å²) in [6.07, 6.45) is 1.10. The summed E-state index contributed by atoms with van der Waals surface area (Å²) in [7, 11) is -3.19. The molecule has 4 nitrogen and oxygen atoms in total. The lowest BCUT2D eigenvalue weighted by Crippen LogP contribution is -2.21. The minimum Gasteiger partial charge on any atom is -0.295 e. The Morgan fingerprint density at radius 3 is 2.60 bits per heavy atom. The quantitative estimate of drug-likeness (QED) is 0.778. The van der Waals surface area contributed by atoms with Gasteiger partial charge in [0.2, 0.25) is 10.0 Å². The van der Waals surface area contributed by atoms with Gasteiger partial charge in [-0.1, -0.05) is 18.2 Å². The van der Waals surface area contributed by atoms with Gasteiger partial charge in [0.1, 0.15) is 0 Å². The number of carbonyl (C=O) groups excluding carboxylic acids is 1. The van der Waals surface area contributed by atoms with Gasteiger partial charge in [0.25, 0.3) is 0 Å². The third-order valence-corrected chi connectivity index (χ3v) is 2.54. The highest BCUT2D eigenvalue weighted by molar-refractivity contribution is 7.88. The number of hydrogen-bond donors (Lipinski definition) is 1. The molecule has 1 N–H and O–H groups in total. The first-order valence-electron chi connectivity index (χ1n) is 4.43. The van der Waals surface area contributed by atoms with Gasteiger partial charge in [-0.15, -0.1) is 0 Å². The summed E-state index contributed by atoms with van der Waals surface area (Å²) in [6, 6.07) is 6.88. The first-order chi connectivity index (χ1) is 6.88. The highest BCUT2D eigenvalue weighted by Gasteiger charge is 2.03. The maximum atomic E-state index is 11.1. The van der Waals surface area contributed by atoms with E-state index in [0.29, 0.717) is 5.56 Å². The fourth-order valence-electron chi connectivity index (χ4n) is 1.11. The molecule has 0 spiro atoms. The van der Waals surface area contributed by atoms with Gasteiger partial charge in [-0.3, -0.25) is 4.79 Å². The van der Waals surface area contributed by atoms with Crippen LogP contribution in [0.2, 0.25) is 0 Å². The molecule has 0 fully saturated rings. The largest absolute Gasteiger partial charge is 0.295 e. The molecule has 15 heavy (non-hydrogen) atoms. The van der Waals surface area contributed by atoms with Crippen LogP contribution < -0.4 is 4.72 Å². The van der Waals surface area contributed by atoms with Crippen LogP contribution in [-0.2, 0) is 16.6 Å². The lowest BCUT2D eigenvalue weighted by Gasteiger charge is -2.03. The van der Waals surface area contributed by atoms with E-state index in [-0.39, 0.29) is 12.3 Å². The van der Waals surface area contributed by atoms with E-state index in [1.165, 1.54) is 6.92 Å². The molecule has 0 aliphatic carbocycles. The average molecular weight is 227 g/mol. The Hall–Kier alpha value is -1.20. The normalized spacial score (nSPS) is 11.3. The van der Waals surface area contributed by atoms with Crippen LogP contribution in [-0.4, -0.2) is 20.5 Å². The van der Waals surface area contributed by atoms with Crippen LogP contribution in [0, 0.1) is 0 Å². The van der Waals surface area contributed by atoms with Gasteiger partial charge in [0.05, 0.1) is 6.26 Å². The second-order valence-electron chi connectivity index (χ2n) is 3.35. The SMILES string of the molecule is CC(=O)c1cccc(CNS(C)(=O)=O)c1. The van der Waals surface area contributed by atoms with Gasteiger partial charge in [-0.25, -0.2) is 13.1 Å². The van der Waals surface area contributed by atoms with Crippen molar-refractivity contribution in [2.45, 2.75) is 13.5 Å². The second-order valence-corrected chi connectivity index (χ2v) is 5.18. The van der Waals surface area contributed by atoms with E-state index in [0.717, 1.165) is 11.8 Å². The minimum atomic E-state index is -3.19. The number of carbonyl (C=O) groups is 1. The van der Waals surface area contributed by atoms with Gasteiger partial charge in [-0.05, 0) is 18.6 Å². The standard InChI is InChI=1S/C10H13NO3S/c1-8(12)10-5-3-4-9(6-10)7-11-15(2,13)14/h3-6,11H,7H2,1-2H3. The Labute approximate surface area is 89.4 Å². The predicted octanol–water partition coefficient (Wildman–Crippen LogP) is 0.938. The maximum absolute atomic E-state index is 11.1. The Kier molecular flexibility index (Phi) is 3.60. The fraction of sp³-hybridized carbons (Fsp3) is 0.300. The summed E-state index contributed by atoms with van der Waals surface area (Å²) in [5.41, 5.74) is 1.36.